The number of rotatable bonds is 3. The van der Waals surface area contributed by atoms with E-state index >= 15 is 0 Å². The van der Waals surface area contributed by atoms with Crippen LogP contribution < -0.4 is 10.2 Å². The maximum absolute atomic E-state index is 12.8. The topological polar surface area (TPSA) is 52.7 Å². The van der Waals surface area contributed by atoms with Crippen LogP contribution in [-0.4, -0.2) is 49.4 Å². The van der Waals surface area contributed by atoms with Gasteiger partial charge in [-0.05, 0) is 36.0 Å². The van der Waals surface area contributed by atoms with E-state index in [4.69, 9.17) is 0 Å². The first-order valence-corrected chi connectivity index (χ1v) is 9.04. The fourth-order valence-corrected chi connectivity index (χ4v) is 4.33. The van der Waals surface area contributed by atoms with Gasteiger partial charge in [0.1, 0.15) is 0 Å². The molecular weight excluding hydrogens is 302 g/mol. The standard InChI is InChI=1S/C19H25N3O2/c1-2-13-3-5-17(6-4-13)22-12-14(7-18(22)23)19(24)21-10-15-8-20-9-16(15)11-21/h3-6,14-16,20H,2,7-12H2,1H3/t14?,15-,16+. The molecule has 5 nitrogen and oxygen atoms in total. The first-order valence-electron chi connectivity index (χ1n) is 9.04. The molecule has 0 aliphatic carbocycles. The van der Waals surface area contributed by atoms with Crippen LogP contribution in [0.3, 0.4) is 0 Å². The Hall–Kier alpha value is -1.88. The highest BCUT2D eigenvalue weighted by Crippen LogP contribution is 2.31. The highest BCUT2D eigenvalue weighted by atomic mass is 16.2. The van der Waals surface area contributed by atoms with Crippen molar-refractivity contribution in [3.8, 4) is 0 Å². The minimum Gasteiger partial charge on any atom is -0.342 e. The summed E-state index contributed by atoms with van der Waals surface area (Å²) in [5, 5.41) is 3.40. The summed E-state index contributed by atoms with van der Waals surface area (Å²) in [5.74, 6) is 1.26. The van der Waals surface area contributed by atoms with Gasteiger partial charge in [0.15, 0.2) is 0 Å². The van der Waals surface area contributed by atoms with Gasteiger partial charge in [0.25, 0.3) is 0 Å². The van der Waals surface area contributed by atoms with Gasteiger partial charge in [0.2, 0.25) is 11.8 Å². The Morgan fingerprint density at radius 3 is 2.42 bits per heavy atom. The molecule has 1 aromatic carbocycles. The lowest BCUT2D eigenvalue weighted by Crippen LogP contribution is -2.37. The van der Waals surface area contributed by atoms with Crippen molar-refractivity contribution < 1.29 is 9.59 Å². The molecule has 0 radical (unpaired) electrons. The van der Waals surface area contributed by atoms with Crippen LogP contribution in [0.1, 0.15) is 18.9 Å². The van der Waals surface area contributed by atoms with Crippen LogP contribution in [-0.2, 0) is 16.0 Å². The van der Waals surface area contributed by atoms with E-state index in [-0.39, 0.29) is 17.7 Å². The smallest absolute Gasteiger partial charge is 0.228 e. The lowest BCUT2D eigenvalue weighted by molar-refractivity contribution is -0.135. The second-order valence-electron chi connectivity index (χ2n) is 7.35. The number of benzene rings is 1. The number of likely N-dealkylation sites (tertiary alicyclic amines) is 1. The molecule has 4 rings (SSSR count). The average Bonchev–Trinajstić information content (AvgIpc) is 3.28. The van der Waals surface area contributed by atoms with Gasteiger partial charge in [-0.15, -0.1) is 0 Å². The van der Waals surface area contributed by atoms with Gasteiger partial charge in [-0.2, -0.15) is 0 Å². The molecule has 1 unspecified atom stereocenters. The monoisotopic (exact) mass is 327 g/mol. The van der Waals surface area contributed by atoms with Gasteiger partial charge in [-0.3, -0.25) is 9.59 Å². The number of hydrogen-bond donors (Lipinski definition) is 1. The molecule has 5 heteroatoms. The number of fused-ring (bicyclic) bond motifs is 1. The maximum atomic E-state index is 12.8. The Labute approximate surface area is 143 Å². The summed E-state index contributed by atoms with van der Waals surface area (Å²) in [6, 6.07) is 8.11. The molecule has 3 atom stereocenters. The van der Waals surface area contributed by atoms with Crippen molar-refractivity contribution in [3.63, 3.8) is 0 Å². The van der Waals surface area contributed by atoms with Crippen molar-refractivity contribution in [2.45, 2.75) is 19.8 Å². The Bertz CT molecular complexity index is 631. The van der Waals surface area contributed by atoms with Gasteiger partial charge >= 0.3 is 0 Å². The largest absolute Gasteiger partial charge is 0.342 e. The van der Waals surface area contributed by atoms with E-state index in [1.807, 2.05) is 17.0 Å². The van der Waals surface area contributed by atoms with E-state index in [1.54, 1.807) is 4.90 Å². The van der Waals surface area contributed by atoms with Crippen LogP contribution in [0.15, 0.2) is 24.3 Å². The van der Waals surface area contributed by atoms with E-state index in [9.17, 15) is 9.59 Å². The Kier molecular flexibility index (Phi) is 4.04. The molecule has 0 saturated carbocycles. The summed E-state index contributed by atoms with van der Waals surface area (Å²) in [6.45, 7) is 6.39. The van der Waals surface area contributed by atoms with Gasteiger partial charge in [-0.25, -0.2) is 0 Å². The number of amides is 2. The molecule has 24 heavy (non-hydrogen) atoms. The number of carbonyl (C=O) groups is 2. The summed E-state index contributed by atoms with van der Waals surface area (Å²) in [5.41, 5.74) is 2.17. The number of nitrogens with one attached hydrogen (secondary N) is 1. The van der Waals surface area contributed by atoms with Crippen LogP contribution in [0.4, 0.5) is 5.69 Å². The number of hydrogen-bond acceptors (Lipinski definition) is 3. The van der Waals surface area contributed by atoms with E-state index in [0.29, 0.717) is 24.8 Å². The van der Waals surface area contributed by atoms with E-state index < -0.39 is 0 Å². The number of nitrogens with zero attached hydrogens (tertiary/aromatic N) is 2. The number of carbonyl (C=O) groups excluding carboxylic acids is 2. The predicted octanol–water partition coefficient (Wildman–Crippen LogP) is 1.28. The van der Waals surface area contributed by atoms with Crippen LogP contribution in [0.2, 0.25) is 0 Å². The molecule has 3 saturated heterocycles. The Morgan fingerprint density at radius 1 is 1.12 bits per heavy atom. The molecule has 3 aliphatic rings. The quantitative estimate of drug-likeness (QED) is 0.910. The van der Waals surface area contributed by atoms with Crippen molar-refractivity contribution in [1.82, 2.24) is 10.2 Å². The van der Waals surface area contributed by atoms with Crippen LogP contribution >= 0.6 is 0 Å². The second-order valence-corrected chi connectivity index (χ2v) is 7.35. The summed E-state index contributed by atoms with van der Waals surface area (Å²) in [7, 11) is 0. The van der Waals surface area contributed by atoms with Crippen LogP contribution in [0.5, 0.6) is 0 Å². The molecule has 1 N–H and O–H groups in total. The molecule has 2 amide bonds. The van der Waals surface area contributed by atoms with Crippen molar-refractivity contribution in [1.29, 1.82) is 0 Å². The highest BCUT2D eigenvalue weighted by Gasteiger charge is 2.43. The summed E-state index contributed by atoms with van der Waals surface area (Å²) in [4.78, 5) is 29.0. The predicted molar refractivity (Wildman–Crippen MR) is 92.7 cm³/mol. The summed E-state index contributed by atoms with van der Waals surface area (Å²) >= 11 is 0. The molecule has 3 fully saturated rings. The molecule has 128 valence electrons. The Balaban J connectivity index is 1.42. The minimum absolute atomic E-state index is 0.0682. The molecule has 0 bridgehead atoms. The molecule has 1 aromatic rings. The number of anilines is 1. The third kappa shape index (κ3) is 2.71. The highest BCUT2D eigenvalue weighted by molar-refractivity contribution is 6.00. The maximum Gasteiger partial charge on any atom is 0.228 e. The second kappa shape index (κ2) is 6.20. The first kappa shape index (κ1) is 15.6. The molecular formula is C19H25N3O2. The normalized spacial score (nSPS) is 29.4. The van der Waals surface area contributed by atoms with E-state index in [2.05, 4.69) is 24.4 Å². The van der Waals surface area contributed by atoms with Crippen molar-refractivity contribution in [2.24, 2.45) is 17.8 Å². The van der Waals surface area contributed by atoms with Gasteiger partial charge in [-0.1, -0.05) is 19.1 Å². The van der Waals surface area contributed by atoms with E-state index in [1.165, 1.54) is 5.56 Å². The first-order chi connectivity index (χ1) is 11.7. The van der Waals surface area contributed by atoms with Crippen molar-refractivity contribution in [3.05, 3.63) is 29.8 Å². The van der Waals surface area contributed by atoms with E-state index in [0.717, 1.165) is 38.3 Å². The lowest BCUT2D eigenvalue weighted by atomic mass is 10.0. The molecule has 3 aliphatic heterocycles. The minimum atomic E-state index is -0.185. The lowest BCUT2D eigenvalue weighted by Gasteiger charge is -2.22. The van der Waals surface area contributed by atoms with Crippen LogP contribution in [0.25, 0.3) is 0 Å². The fraction of sp³-hybridized carbons (Fsp3) is 0.579. The SMILES string of the molecule is CCc1ccc(N2CC(C(=O)N3C[C@H]4CNC[C@H]4C3)CC2=O)cc1. The van der Waals surface area contributed by atoms with Gasteiger partial charge in [0, 0.05) is 44.8 Å². The van der Waals surface area contributed by atoms with Crippen molar-refractivity contribution in [2.75, 3.05) is 37.6 Å². The number of aryl methyl sites for hydroxylation is 1. The molecule has 0 aromatic heterocycles. The molecule has 0 spiro atoms. The average molecular weight is 327 g/mol. The third-order valence-electron chi connectivity index (χ3n) is 5.83. The van der Waals surface area contributed by atoms with Crippen LogP contribution in [0, 0.1) is 17.8 Å². The Morgan fingerprint density at radius 2 is 1.79 bits per heavy atom. The zero-order valence-electron chi connectivity index (χ0n) is 14.2. The fourth-order valence-electron chi connectivity index (χ4n) is 4.33. The zero-order valence-corrected chi connectivity index (χ0v) is 14.2. The zero-order chi connectivity index (χ0) is 16.7. The van der Waals surface area contributed by atoms with Crippen molar-refractivity contribution >= 4 is 17.5 Å². The third-order valence-corrected chi connectivity index (χ3v) is 5.83. The summed E-state index contributed by atoms with van der Waals surface area (Å²) in [6.07, 6.45) is 1.33. The van der Waals surface area contributed by atoms with Gasteiger partial charge in [0.05, 0.1) is 5.92 Å². The van der Waals surface area contributed by atoms with Gasteiger partial charge < -0.3 is 15.1 Å². The molecule has 3 heterocycles. The summed E-state index contributed by atoms with van der Waals surface area (Å²) < 4.78 is 0.